The third kappa shape index (κ3) is 5.49. The van der Waals surface area contributed by atoms with Crippen LogP contribution in [0.5, 0.6) is 0 Å². The van der Waals surface area contributed by atoms with Crippen LogP contribution < -0.4 is 0 Å². The standard InChI is InChI=1S/C30H34N2O4/c1-5-27(33)26-16-15-24(19-31-26)23-13-11-22(12-14-23)21(2)32-18-17-30(36-28(32)34,20-29(3,4)35)25-9-7-6-8-10-25/h6-16,19,21,35H,5,17-18,20H2,1-4H3/t21-,30-/m0/s1. The van der Waals surface area contributed by atoms with Gasteiger partial charge in [0.1, 0.15) is 11.3 Å². The Bertz CT molecular complexity index is 1200. The number of ketones is 1. The van der Waals surface area contributed by atoms with Gasteiger partial charge in [0.2, 0.25) is 0 Å². The lowest BCUT2D eigenvalue weighted by Gasteiger charge is -2.45. The van der Waals surface area contributed by atoms with Gasteiger partial charge in [0.05, 0.1) is 11.6 Å². The van der Waals surface area contributed by atoms with Crippen LogP contribution in [-0.2, 0) is 10.3 Å². The second-order valence-electron chi connectivity index (χ2n) is 10.2. The van der Waals surface area contributed by atoms with Gasteiger partial charge in [0.25, 0.3) is 0 Å². The van der Waals surface area contributed by atoms with Crippen LogP contribution in [0.1, 0.15) is 74.6 Å². The molecule has 0 saturated carbocycles. The Labute approximate surface area is 212 Å². The molecule has 6 nitrogen and oxygen atoms in total. The number of nitrogens with zero attached hydrogens (tertiary/aromatic N) is 2. The van der Waals surface area contributed by atoms with Crippen molar-refractivity contribution in [2.24, 2.45) is 0 Å². The Kier molecular flexibility index (Phi) is 7.27. The second kappa shape index (κ2) is 10.2. The maximum Gasteiger partial charge on any atom is 0.411 e. The van der Waals surface area contributed by atoms with Gasteiger partial charge in [-0.2, -0.15) is 0 Å². The molecule has 1 N–H and O–H groups in total. The maximum absolute atomic E-state index is 13.3. The summed E-state index contributed by atoms with van der Waals surface area (Å²) in [5.74, 6) is 0.0259. The Hall–Kier alpha value is -3.51. The van der Waals surface area contributed by atoms with E-state index in [2.05, 4.69) is 4.98 Å². The van der Waals surface area contributed by atoms with E-state index in [-0.39, 0.29) is 17.9 Å². The third-order valence-corrected chi connectivity index (χ3v) is 6.86. The van der Waals surface area contributed by atoms with Crippen molar-refractivity contribution < 1.29 is 19.4 Å². The van der Waals surface area contributed by atoms with E-state index in [4.69, 9.17) is 4.74 Å². The molecular weight excluding hydrogens is 452 g/mol. The molecule has 2 atom stereocenters. The third-order valence-electron chi connectivity index (χ3n) is 6.86. The van der Waals surface area contributed by atoms with E-state index in [1.165, 1.54) is 0 Å². The fourth-order valence-electron chi connectivity index (χ4n) is 4.94. The first-order chi connectivity index (χ1) is 17.1. The summed E-state index contributed by atoms with van der Waals surface area (Å²) in [7, 11) is 0. The SMILES string of the molecule is CCC(=O)c1ccc(-c2ccc([C@H](C)N3CC[C@](CC(C)(C)O)(c4ccccc4)OC3=O)cc2)cn1. The van der Waals surface area contributed by atoms with Crippen molar-refractivity contribution in [3.05, 3.63) is 89.7 Å². The number of Topliss-reactive ketones (excluding diaryl/α,β-unsaturated/α-hetero) is 1. The Morgan fingerprint density at radius 1 is 1.08 bits per heavy atom. The van der Waals surface area contributed by atoms with Crippen LogP contribution in [0.2, 0.25) is 0 Å². The van der Waals surface area contributed by atoms with Gasteiger partial charge in [-0.3, -0.25) is 9.78 Å². The average Bonchev–Trinajstić information content (AvgIpc) is 2.88. The summed E-state index contributed by atoms with van der Waals surface area (Å²) < 4.78 is 6.12. The highest BCUT2D eigenvalue weighted by atomic mass is 16.6. The average molecular weight is 487 g/mol. The van der Waals surface area contributed by atoms with Gasteiger partial charge >= 0.3 is 6.09 Å². The molecule has 0 unspecified atom stereocenters. The molecule has 4 rings (SSSR count). The molecule has 36 heavy (non-hydrogen) atoms. The lowest BCUT2D eigenvalue weighted by atomic mass is 9.80. The van der Waals surface area contributed by atoms with Crippen molar-refractivity contribution in [2.75, 3.05) is 6.54 Å². The predicted molar refractivity (Wildman–Crippen MR) is 140 cm³/mol. The number of carbonyl (C=O) groups excluding carboxylic acids is 2. The molecule has 0 radical (unpaired) electrons. The topological polar surface area (TPSA) is 79.7 Å². The van der Waals surface area contributed by atoms with E-state index in [1.54, 1.807) is 31.0 Å². The largest absolute Gasteiger partial charge is 0.438 e. The van der Waals surface area contributed by atoms with Gasteiger partial charge in [-0.15, -0.1) is 0 Å². The monoisotopic (exact) mass is 486 g/mol. The molecule has 0 spiro atoms. The summed E-state index contributed by atoms with van der Waals surface area (Å²) >= 11 is 0. The number of hydrogen-bond donors (Lipinski definition) is 1. The first-order valence-electron chi connectivity index (χ1n) is 12.5. The van der Waals surface area contributed by atoms with Crippen molar-refractivity contribution in [2.45, 2.75) is 64.2 Å². The van der Waals surface area contributed by atoms with Gasteiger partial charge in [-0.05, 0) is 43.5 Å². The minimum Gasteiger partial charge on any atom is -0.438 e. The zero-order valence-corrected chi connectivity index (χ0v) is 21.4. The first kappa shape index (κ1) is 25.6. The molecule has 6 heteroatoms. The molecule has 1 aliphatic heterocycles. The van der Waals surface area contributed by atoms with Crippen LogP contribution in [0.3, 0.4) is 0 Å². The summed E-state index contributed by atoms with van der Waals surface area (Å²) in [6.45, 7) is 7.82. The highest BCUT2D eigenvalue weighted by Gasteiger charge is 2.46. The number of aromatic nitrogens is 1. The molecule has 2 aromatic carbocycles. The molecule has 2 heterocycles. The minimum absolute atomic E-state index is 0.0259. The zero-order valence-electron chi connectivity index (χ0n) is 21.4. The number of aliphatic hydroxyl groups is 1. The minimum atomic E-state index is -0.989. The fourth-order valence-corrected chi connectivity index (χ4v) is 4.94. The molecule has 1 aromatic heterocycles. The van der Waals surface area contributed by atoms with E-state index in [0.717, 1.165) is 22.3 Å². The molecule has 1 saturated heterocycles. The van der Waals surface area contributed by atoms with Crippen molar-refractivity contribution in [1.82, 2.24) is 9.88 Å². The van der Waals surface area contributed by atoms with Crippen molar-refractivity contribution in [1.29, 1.82) is 0 Å². The Balaban J connectivity index is 1.50. The number of hydrogen-bond acceptors (Lipinski definition) is 5. The molecule has 1 fully saturated rings. The van der Waals surface area contributed by atoms with Crippen LogP contribution in [0, 0.1) is 0 Å². The summed E-state index contributed by atoms with van der Waals surface area (Å²) in [6.07, 6.45) is 2.68. The van der Waals surface area contributed by atoms with E-state index >= 15 is 0 Å². The molecule has 1 amide bonds. The van der Waals surface area contributed by atoms with Crippen LogP contribution in [0.15, 0.2) is 72.9 Å². The molecular formula is C30H34N2O4. The van der Waals surface area contributed by atoms with E-state index in [1.807, 2.05) is 74.5 Å². The highest BCUT2D eigenvalue weighted by Crippen LogP contribution is 2.42. The van der Waals surface area contributed by atoms with E-state index in [9.17, 15) is 14.7 Å². The molecule has 0 aliphatic carbocycles. The second-order valence-corrected chi connectivity index (χ2v) is 10.2. The fraction of sp³-hybridized carbons (Fsp3) is 0.367. The smallest absolute Gasteiger partial charge is 0.411 e. The molecule has 0 bridgehead atoms. The highest BCUT2D eigenvalue weighted by molar-refractivity contribution is 5.94. The number of ether oxygens (including phenoxy) is 1. The van der Waals surface area contributed by atoms with Gasteiger partial charge < -0.3 is 14.7 Å². The van der Waals surface area contributed by atoms with Crippen LogP contribution >= 0.6 is 0 Å². The number of benzene rings is 2. The van der Waals surface area contributed by atoms with Crippen LogP contribution in [-0.4, -0.2) is 39.0 Å². The number of rotatable bonds is 8. The molecule has 188 valence electrons. The number of pyridine rings is 1. The van der Waals surface area contributed by atoms with Crippen molar-refractivity contribution in [3.8, 4) is 11.1 Å². The van der Waals surface area contributed by atoms with Gasteiger partial charge in [0.15, 0.2) is 5.78 Å². The maximum atomic E-state index is 13.3. The van der Waals surface area contributed by atoms with E-state index in [0.29, 0.717) is 31.5 Å². The summed E-state index contributed by atoms with van der Waals surface area (Å²) in [5.41, 5.74) is 2.44. The van der Waals surface area contributed by atoms with Crippen molar-refractivity contribution >= 4 is 11.9 Å². The summed E-state index contributed by atoms with van der Waals surface area (Å²) in [4.78, 5) is 31.1. The number of amides is 1. The summed E-state index contributed by atoms with van der Waals surface area (Å²) in [5, 5.41) is 10.6. The molecule has 1 aliphatic rings. The van der Waals surface area contributed by atoms with Crippen LogP contribution in [0.25, 0.3) is 11.1 Å². The van der Waals surface area contributed by atoms with Gasteiger partial charge in [0, 0.05) is 37.6 Å². The first-order valence-corrected chi connectivity index (χ1v) is 12.5. The van der Waals surface area contributed by atoms with E-state index < -0.39 is 11.2 Å². The lowest BCUT2D eigenvalue weighted by molar-refractivity contribution is -0.101. The normalized spacial score (nSPS) is 19.0. The Morgan fingerprint density at radius 2 is 1.75 bits per heavy atom. The number of carbonyl (C=O) groups is 2. The molecule has 3 aromatic rings. The van der Waals surface area contributed by atoms with Gasteiger partial charge in [-0.25, -0.2) is 4.79 Å². The quantitative estimate of drug-likeness (QED) is 0.378. The zero-order chi connectivity index (χ0) is 25.9. The number of cyclic esters (lactones) is 1. The lowest BCUT2D eigenvalue weighted by Crippen LogP contribution is -2.51. The van der Waals surface area contributed by atoms with Gasteiger partial charge in [-0.1, -0.05) is 67.6 Å². The Morgan fingerprint density at radius 3 is 2.31 bits per heavy atom. The summed E-state index contributed by atoms with van der Waals surface area (Å²) in [6, 6.07) is 21.2. The van der Waals surface area contributed by atoms with Crippen molar-refractivity contribution in [3.63, 3.8) is 0 Å². The predicted octanol–water partition coefficient (Wildman–Crippen LogP) is 6.30. The van der Waals surface area contributed by atoms with Crippen LogP contribution in [0.4, 0.5) is 4.79 Å².